The van der Waals surface area contributed by atoms with Crippen molar-refractivity contribution in [1.29, 1.82) is 0 Å². The number of nitro benzene ring substituents is 1. The average Bonchev–Trinajstić information content (AvgIpc) is 3.40. The summed E-state index contributed by atoms with van der Waals surface area (Å²) in [5, 5.41) is 36.7. The molecule has 0 bridgehead atoms. The number of amides is 2. The van der Waals surface area contributed by atoms with Crippen LogP contribution in [0.4, 0.5) is 16.5 Å². The first-order valence-corrected chi connectivity index (χ1v) is 13.1. The molecule has 0 aliphatic rings. The summed E-state index contributed by atoms with van der Waals surface area (Å²) in [5.74, 6) is -3.71. The van der Waals surface area contributed by atoms with Gasteiger partial charge in [-0.25, -0.2) is 14.6 Å². The fourth-order valence-corrected chi connectivity index (χ4v) is 4.87. The van der Waals surface area contributed by atoms with E-state index < -0.39 is 28.3 Å². The van der Waals surface area contributed by atoms with E-state index in [1.165, 1.54) is 35.2 Å². The van der Waals surface area contributed by atoms with Gasteiger partial charge in [0.2, 0.25) is 5.91 Å². The molecule has 0 aliphatic carbocycles. The van der Waals surface area contributed by atoms with Crippen molar-refractivity contribution in [3.8, 4) is 11.3 Å². The van der Waals surface area contributed by atoms with Gasteiger partial charge in [-0.2, -0.15) is 0 Å². The summed E-state index contributed by atoms with van der Waals surface area (Å²) in [7, 11) is 0. The number of hydrogen-bond acceptors (Lipinski definition) is 9. The minimum absolute atomic E-state index is 0.0579. The van der Waals surface area contributed by atoms with Crippen LogP contribution in [0.25, 0.3) is 11.3 Å². The standard InChI is InChI=1S/C26H18N4O8S2/c31-22(29-26-28-21(12-40-26)14-2-1-3-17(10-14)30(37)38)13-39-18-7-5-16(6-8-18)27-23(32)19-9-4-15(24(33)34)11-20(19)25(35)36/h1-12H,13H2,(H,27,32)(H,33,34)(H,35,36)(H,28,29,31). The van der Waals surface area contributed by atoms with E-state index in [0.717, 1.165) is 23.1 Å². The van der Waals surface area contributed by atoms with Gasteiger partial charge in [-0.15, -0.1) is 23.1 Å². The van der Waals surface area contributed by atoms with E-state index in [2.05, 4.69) is 15.6 Å². The van der Waals surface area contributed by atoms with E-state index in [1.54, 1.807) is 41.8 Å². The van der Waals surface area contributed by atoms with Crippen LogP contribution in [0.1, 0.15) is 31.1 Å². The summed E-state index contributed by atoms with van der Waals surface area (Å²) in [4.78, 5) is 63.2. The molecule has 12 nitrogen and oxygen atoms in total. The third-order valence-electron chi connectivity index (χ3n) is 5.33. The third kappa shape index (κ3) is 6.86. The Kier molecular flexibility index (Phi) is 8.51. The molecule has 0 saturated heterocycles. The van der Waals surface area contributed by atoms with Gasteiger partial charge in [-0.05, 0) is 42.5 Å². The van der Waals surface area contributed by atoms with Crippen LogP contribution in [-0.2, 0) is 4.79 Å². The molecule has 0 spiro atoms. The number of rotatable bonds is 10. The Morgan fingerprint density at radius 1 is 0.925 bits per heavy atom. The van der Waals surface area contributed by atoms with Gasteiger partial charge in [0.25, 0.3) is 11.6 Å². The molecule has 202 valence electrons. The average molecular weight is 579 g/mol. The molecule has 3 aromatic carbocycles. The summed E-state index contributed by atoms with van der Waals surface area (Å²) < 4.78 is 0. The quantitative estimate of drug-likeness (QED) is 0.112. The number of carbonyl (C=O) groups is 4. The number of aromatic carboxylic acids is 2. The van der Waals surface area contributed by atoms with Gasteiger partial charge in [0.1, 0.15) is 0 Å². The number of thiazole rings is 1. The number of nitro groups is 1. The SMILES string of the molecule is O=C(CSc1ccc(NC(=O)c2ccc(C(=O)O)cc2C(=O)O)cc1)Nc1nc(-c2cccc([N+](=O)[O-])c2)cs1. The van der Waals surface area contributed by atoms with Gasteiger partial charge in [-0.1, -0.05) is 12.1 Å². The van der Waals surface area contributed by atoms with Crippen LogP contribution in [0.15, 0.2) is 77.0 Å². The summed E-state index contributed by atoms with van der Waals surface area (Å²) >= 11 is 2.43. The predicted molar refractivity (Wildman–Crippen MR) is 148 cm³/mol. The molecule has 0 aliphatic heterocycles. The highest BCUT2D eigenvalue weighted by Crippen LogP contribution is 2.28. The van der Waals surface area contributed by atoms with E-state index in [1.807, 2.05) is 0 Å². The topological polar surface area (TPSA) is 189 Å². The van der Waals surface area contributed by atoms with Crippen molar-refractivity contribution < 1.29 is 34.3 Å². The lowest BCUT2D eigenvalue weighted by Gasteiger charge is -2.09. The van der Waals surface area contributed by atoms with Gasteiger partial charge < -0.3 is 20.8 Å². The summed E-state index contributed by atoms with van der Waals surface area (Å²) in [5.41, 5.74) is 0.492. The van der Waals surface area contributed by atoms with E-state index >= 15 is 0 Å². The molecule has 0 atom stereocenters. The fraction of sp³-hybridized carbons (Fsp3) is 0.0385. The Labute approximate surface area is 233 Å². The van der Waals surface area contributed by atoms with Gasteiger partial charge >= 0.3 is 11.9 Å². The largest absolute Gasteiger partial charge is 0.478 e. The number of aromatic nitrogens is 1. The molecular formula is C26H18N4O8S2. The first-order chi connectivity index (χ1) is 19.1. The third-order valence-corrected chi connectivity index (χ3v) is 7.10. The monoisotopic (exact) mass is 578 g/mol. The van der Waals surface area contributed by atoms with Crippen LogP contribution >= 0.6 is 23.1 Å². The second-order valence-electron chi connectivity index (χ2n) is 8.03. The Morgan fingerprint density at radius 3 is 2.35 bits per heavy atom. The molecule has 1 heterocycles. The van der Waals surface area contributed by atoms with Crippen molar-refractivity contribution in [3.63, 3.8) is 0 Å². The molecule has 0 radical (unpaired) electrons. The zero-order chi connectivity index (χ0) is 28.8. The molecule has 14 heteroatoms. The van der Waals surface area contributed by atoms with Gasteiger partial charge in [0, 0.05) is 33.7 Å². The molecule has 0 unspecified atom stereocenters. The van der Waals surface area contributed by atoms with Gasteiger partial charge in [0.15, 0.2) is 5.13 Å². The minimum atomic E-state index is -1.43. The first-order valence-electron chi connectivity index (χ1n) is 11.3. The van der Waals surface area contributed by atoms with Gasteiger partial charge in [-0.3, -0.25) is 19.7 Å². The molecule has 0 saturated carbocycles. The molecular weight excluding hydrogens is 560 g/mol. The number of nitrogens with zero attached hydrogens (tertiary/aromatic N) is 2. The fourth-order valence-electron chi connectivity index (χ4n) is 3.43. The van der Waals surface area contributed by atoms with E-state index in [-0.39, 0.29) is 28.5 Å². The Hall–Kier alpha value is -5.08. The lowest BCUT2D eigenvalue weighted by atomic mass is 10.0. The summed E-state index contributed by atoms with van der Waals surface area (Å²) in [6.07, 6.45) is 0. The highest BCUT2D eigenvalue weighted by atomic mass is 32.2. The highest BCUT2D eigenvalue weighted by molar-refractivity contribution is 8.00. The van der Waals surface area contributed by atoms with Crippen molar-refractivity contribution in [3.05, 3.63) is 98.9 Å². The smallest absolute Gasteiger partial charge is 0.336 e. The number of hydrogen-bond donors (Lipinski definition) is 4. The van der Waals surface area contributed by atoms with Crippen molar-refractivity contribution in [2.24, 2.45) is 0 Å². The number of nitrogens with one attached hydrogen (secondary N) is 2. The van der Waals surface area contributed by atoms with E-state index in [9.17, 15) is 34.4 Å². The Bertz CT molecular complexity index is 1640. The normalized spacial score (nSPS) is 10.5. The van der Waals surface area contributed by atoms with Crippen LogP contribution in [0, 0.1) is 10.1 Å². The zero-order valence-electron chi connectivity index (χ0n) is 20.2. The van der Waals surface area contributed by atoms with Crippen LogP contribution < -0.4 is 10.6 Å². The number of benzene rings is 3. The second-order valence-corrected chi connectivity index (χ2v) is 9.94. The number of carboxylic acids is 2. The molecule has 0 fully saturated rings. The maximum atomic E-state index is 12.6. The van der Waals surface area contributed by atoms with E-state index in [4.69, 9.17) is 5.11 Å². The van der Waals surface area contributed by atoms with Crippen molar-refractivity contribution >= 4 is 63.4 Å². The van der Waals surface area contributed by atoms with Crippen LogP contribution in [0.2, 0.25) is 0 Å². The van der Waals surface area contributed by atoms with Crippen LogP contribution in [-0.4, -0.2) is 49.6 Å². The lowest BCUT2D eigenvalue weighted by molar-refractivity contribution is -0.384. The summed E-state index contributed by atoms with van der Waals surface area (Å²) in [6.45, 7) is 0. The van der Waals surface area contributed by atoms with Crippen LogP contribution in [0.5, 0.6) is 0 Å². The highest BCUT2D eigenvalue weighted by Gasteiger charge is 2.19. The molecule has 4 rings (SSSR count). The maximum absolute atomic E-state index is 12.6. The Morgan fingerprint density at radius 2 is 1.68 bits per heavy atom. The molecule has 1 aromatic heterocycles. The summed E-state index contributed by atoms with van der Waals surface area (Å²) in [6, 6.07) is 15.7. The first kappa shape index (κ1) is 27.9. The number of thioether (sulfide) groups is 1. The number of non-ortho nitro benzene ring substituents is 1. The van der Waals surface area contributed by atoms with Crippen molar-refractivity contribution in [2.75, 3.05) is 16.4 Å². The van der Waals surface area contributed by atoms with E-state index in [0.29, 0.717) is 22.1 Å². The molecule has 4 N–H and O–H groups in total. The lowest BCUT2D eigenvalue weighted by Crippen LogP contribution is -2.17. The second kappa shape index (κ2) is 12.2. The number of anilines is 2. The maximum Gasteiger partial charge on any atom is 0.336 e. The molecule has 40 heavy (non-hydrogen) atoms. The molecule has 4 aromatic rings. The Balaban J connectivity index is 1.32. The number of carbonyl (C=O) groups excluding carboxylic acids is 2. The van der Waals surface area contributed by atoms with Crippen LogP contribution in [0.3, 0.4) is 0 Å². The van der Waals surface area contributed by atoms with Crippen molar-refractivity contribution in [1.82, 2.24) is 4.98 Å². The predicted octanol–water partition coefficient (Wildman–Crippen LogP) is 5.10. The molecule has 2 amide bonds. The van der Waals surface area contributed by atoms with Crippen molar-refractivity contribution in [2.45, 2.75) is 4.90 Å². The minimum Gasteiger partial charge on any atom is -0.478 e. The van der Waals surface area contributed by atoms with Gasteiger partial charge in [0.05, 0.1) is 33.1 Å². The number of carboxylic acid groups (broad SMARTS) is 2. The zero-order valence-corrected chi connectivity index (χ0v) is 21.8.